The molecule has 0 aromatic heterocycles. The summed E-state index contributed by atoms with van der Waals surface area (Å²) >= 11 is 0. The van der Waals surface area contributed by atoms with Gasteiger partial charge in [0.15, 0.2) is 0 Å². The van der Waals surface area contributed by atoms with E-state index in [-0.39, 0.29) is 29.7 Å². The number of amides is 2. The van der Waals surface area contributed by atoms with E-state index < -0.39 is 19.8 Å². The van der Waals surface area contributed by atoms with Crippen molar-refractivity contribution in [1.82, 2.24) is 10.6 Å². The summed E-state index contributed by atoms with van der Waals surface area (Å²) < 4.78 is 26.2. The number of hydrogen-bond donors (Lipinski definition) is 4. The Bertz CT molecular complexity index is 1030. The lowest BCUT2D eigenvalue weighted by atomic mass is 10.0. The molecule has 2 unspecified atom stereocenters. The normalized spacial score (nSPS) is 13.0. The predicted molar refractivity (Wildman–Crippen MR) is 131 cm³/mol. The molecule has 2 atom stereocenters. The van der Waals surface area contributed by atoms with Crippen molar-refractivity contribution < 1.29 is 37.9 Å². The highest BCUT2D eigenvalue weighted by Gasteiger charge is 2.27. The van der Waals surface area contributed by atoms with Crippen molar-refractivity contribution in [1.29, 1.82) is 0 Å². The van der Waals surface area contributed by atoms with Gasteiger partial charge in [0.25, 0.3) is 5.91 Å². The number of benzene rings is 2. The van der Waals surface area contributed by atoms with Gasteiger partial charge in [-0.25, -0.2) is 4.57 Å². The van der Waals surface area contributed by atoms with Crippen LogP contribution in [0.2, 0.25) is 0 Å². The first-order valence-electron chi connectivity index (χ1n) is 11.1. The fraction of sp³-hybridized carbons (Fsp3) is 0.417. The molecular formula is C24H33N2O8P. The van der Waals surface area contributed by atoms with E-state index in [9.17, 15) is 14.2 Å². The van der Waals surface area contributed by atoms with Gasteiger partial charge >= 0.3 is 7.82 Å². The first-order valence-corrected chi connectivity index (χ1v) is 12.6. The maximum absolute atomic E-state index is 13.2. The lowest BCUT2D eigenvalue weighted by molar-refractivity contribution is -0.123. The van der Waals surface area contributed by atoms with Gasteiger partial charge in [-0.05, 0) is 49.1 Å². The van der Waals surface area contributed by atoms with Crippen molar-refractivity contribution in [3.8, 4) is 17.2 Å². The third-order valence-corrected chi connectivity index (χ3v) is 5.53. The van der Waals surface area contributed by atoms with E-state index in [1.807, 2.05) is 6.92 Å². The van der Waals surface area contributed by atoms with E-state index in [0.717, 1.165) is 6.42 Å². The van der Waals surface area contributed by atoms with Crippen LogP contribution in [0.1, 0.15) is 43.1 Å². The summed E-state index contributed by atoms with van der Waals surface area (Å²) in [4.78, 5) is 44.3. The SMILES string of the molecule is COc1cccc(OC)c1C(=O)NC(Cc1ccc(OP(=O)(O)O)cc1)C(=O)NC(C)CC(C)C. The zero-order valence-electron chi connectivity index (χ0n) is 20.5. The standard InChI is InChI=1S/C24H33N2O8P/c1-15(2)13-16(3)25-23(27)19(14-17-9-11-18(12-10-17)34-35(29,30)31)26-24(28)22-20(32-4)7-6-8-21(22)33-5/h6-12,15-16,19H,13-14H2,1-5H3,(H,25,27)(H,26,28)(H2,29,30,31). The van der Waals surface area contributed by atoms with Crippen molar-refractivity contribution in [2.45, 2.75) is 45.7 Å². The average molecular weight is 509 g/mol. The first kappa shape index (κ1) is 28.2. The maximum atomic E-state index is 13.2. The molecular weight excluding hydrogens is 475 g/mol. The molecule has 2 amide bonds. The van der Waals surface area contributed by atoms with Gasteiger partial charge < -0.3 is 24.6 Å². The van der Waals surface area contributed by atoms with Crippen molar-refractivity contribution in [2.24, 2.45) is 5.92 Å². The minimum Gasteiger partial charge on any atom is -0.496 e. The van der Waals surface area contributed by atoms with Crippen LogP contribution in [0.4, 0.5) is 0 Å². The van der Waals surface area contributed by atoms with Gasteiger partial charge in [0.1, 0.15) is 28.9 Å². The first-order chi connectivity index (χ1) is 16.4. The lowest BCUT2D eigenvalue weighted by Crippen LogP contribution is -2.50. The Morgan fingerprint density at radius 2 is 1.51 bits per heavy atom. The minimum absolute atomic E-state index is 0.0172. The van der Waals surface area contributed by atoms with Crippen LogP contribution >= 0.6 is 7.82 Å². The van der Waals surface area contributed by atoms with Gasteiger partial charge in [-0.15, -0.1) is 0 Å². The van der Waals surface area contributed by atoms with Gasteiger partial charge in [0.2, 0.25) is 5.91 Å². The number of nitrogens with one attached hydrogen (secondary N) is 2. The Hall–Kier alpha value is -3.07. The molecule has 0 aliphatic rings. The Labute approximate surface area is 205 Å². The minimum atomic E-state index is -4.69. The molecule has 0 aliphatic carbocycles. The molecule has 0 saturated heterocycles. The number of ether oxygens (including phenoxy) is 2. The molecule has 2 aromatic carbocycles. The van der Waals surface area contributed by atoms with E-state index in [1.165, 1.54) is 26.4 Å². The number of carbonyl (C=O) groups is 2. The Morgan fingerprint density at radius 1 is 0.943 bits per heavy atom. The number of hydrogen-bond acceptors (Lipinski definition) is 6. The highest BCUT2D eigenvalue weighted by molar-refractivity contribution is 7.46. The highest BCUT2D eigenvalue weighted by Crippen LogP contribution is 2.37. The molecule has 11 heteroatoms. The second kappa shape index (κ2) is 12.6. The monoisotopic (exact) mass is 508 g/mol. The Balaban J connectivity index is 2.30. The van der Waals surface area contributed by atoms with Crippen LogP contribution in [0.5, 0.6) is 17.2 Å². The molecule has 10 nitrogen and oxygen atoms in total. The van der Waals surface area contributed by atoms with Crippen molar-refractivity contribution in [3.05, 3.63) is 53.6 Å². The number of methoxy groups -OCH3 is 2. The molecule has 0 saturated carbocycles. The third kappa shape index (κ3) is 8.90. The largest absolute Gasteiger partial charge is 0.524 e. The second-order valence-electron chi connectivity index (χ2n) is 8.53. The quantitative estimate of drug-likeness (QED) is 0.320. The fourth-order valence-corrected chi connectivity index (χ4v) is 4.08. The van der Waals surface area contributed by atoms with Crippen molar-refractivity contribution in [2.75, 3.05) is 14.2 Å². The zero-order valence-corrected chi connectivity index (χ0v) is 21.4. The van der Waals surface area contributed by atoms with Crippen molar-refractivity contribution >= 4 is 19.6 Å². The molecule has 0 bridgehead atoms. The van der Waals surface area contributed by atoms with Gasteiger partial charge in [-0.2, -0.15) is 0 Å². The molecule has 192 valence electrons. The van der Waals surface area contributed by atoms with E-state index in [4.69, 9.17) is 19.3 Å². The maximum Gasteiger partial charge on any atom is 0.524 e. The Kier molecular flexibility index (Phi) is 10.1. The molecule has 0 heterocycles. The molecule has 4 N–H and O–H groups in total. The summed E-state index contributed by atoms with van der Waals surface area (Å²) in [5.41, 5.74) is 0.808. The summed E-state index contributed by atoms with van der Waals surface area (Å²) in [5.74, 6) is 0.0451. The van der Waals surface area contributed by atoms with Gasteiger partial charge in [0, 0.05) is 12.5 Å². The molecule has 35 heavy (non-hydrogen) atoms. The summed E-state index contributed by atoms with van der Waals surface area (Å²) in [6, 6.07) is 9.78. The van der Waals surface area contributed by atoms with Crippen LogP contribution in [-0.2, 0) is 15.8 Å². The Morgan fingerprint density at radius 3 is 2.00 bits per heavy atom. The fourth-order valence-electron chi connectivity index (χ4n) is 3.68. The molecule has 2 rings (SSSR count). The van der Waals surface area contributed by atoms with Gasteiger partial charge in [-0.1, -0.05) is 32.0 Å². The van der Waals surface area contributed by atoms with Crippen LogP contribution in [-0.4, -0.2) is 47.9 Å². The topological polar surface area (TPSA) is 143 Å². The van der Waals surface area contributed by atoms with E-state index in [1.54, 1.807) is 30.3 Å². The number of carbonyl (C=O) groups excluding carboxylic acids is 2. The zero-order chi connectivity index (χ0) is 26.2. The van der Waals surface area contributed by atoms with Gasteiger partial charge in [0.05, 0.1) is 14.2 Å². The lowest BCUT2D eigenvalue weighted by Gasteiger charge is -2.23. The third-order valence-electron chi connectivity index (χ3n) is 5.08. The van der Waals surface area contributed by atoms with Crippen LogP contribution in [0, 0.1) is 5.92 Å². The summed E-state index contributed by atoms with van der Waals surface area (Å²) in [7, 11) is -1.82. The highest BCUT2D eigenvalue weighted by atomic mass is 31.2. The summed E-state index contributed by atoms with van der Waals surface area (Å²) in [5, 5.41) is 5.72. The average Bonchev–Trinajstić information content (AvgIpc) is 2.77. The molecule has 0 radical (unpaired) electrons. The van der Waals surface area contributed by atoms with E-state index in [0.29, 0.717) is 23.0 Å². The smallest absolute Gasteiger partial charge is 0.496 e. The molecule has 0 aliphatic heterocycles. The predicted octanol–water partition coefficient (Wildman–Crippen LogP) is 3.07. The van der Waals surface area contributed by atoms with E-state index >= 15 is 0 Å². The summed E-state index contributed by atoms with van der Waals surface area (Å²) in [6.45, 7) is 6.00. The van der Waals surface area contributed by atoms with Crippen LogP contribution in [0.25, 0.3) is 0 Å². The molecule has 0 fully saturated rings. The van der Waals surface area contributed by atoms with Crippen LogP contribution < -0.4 is 24.6 Å². The number of rotatable bonds is 12. The molecule has 2 aromatic rings. The second-order valence-corrected chi connectivity index (χ2v) is 9.70. The number of phosphoric acid groups is 1. The number of phosphoric ester groups is 1. The van der Waals surface area contributed by atoms with Crippen molar-refractivity contribution in [3.63, 3.8) is 0 Å². The van der Waals surface area contributed by atoms with Gasteiger partial charge in [-0.3, -0.25) is 19.4 Å². The van der Waals surface area contributed by atoms with Crippen LogP contribution in [0.3, 0.4) is 0 Å². The van der Waals surface area contributed by atoms with Crippen LogP contribution in [0.15, 0.2) is 42.5 Å². The molecule has 0 spiro atoms. The summed E-state index contributed by atoms with van der Waals surface area (Å²) in [6.07, 6.45) is 0.890. The van der Waals surface area contributed by atoms with E-state index in [2.05, 4.69) is 29.0 Å².